The molecular formula is C23H20FN5O. The Hall–Kier alpha value is -3.87. The fraction of sp³-hybridized carbons (Fsp3) is 0.130. The summed E-state index contributed by atoms with van der Waals surface area (Å²) in [7, 11) is 0. The predicted octanol–water partition coefficient (Wildman–Crippen LogP) is 4.85. The summed E-state index contributed by atoms with van der Waals surface area (Å²) in [5.41, 5.74) is 3.01. The highest BCUT2D eigenvalue weighted by Crippen LogP contribution is 2.41. The van der Waals surface area contributed by atoms with E-state index in [0.717, 1.165) is 16.7 Å². The van der Waals surface area contributed by atoms with Crippen LogP contribution in [0.15, 0.2) is 73.2 Å². The van der Waals surface area contributed by atoms with E-state index in [9.17, 15) is 9.18 Å². The second-order valence-electron chi connectivity index (χ2n) is 6.65. The minimum absolute atomic E-state index is 0.190. The van der Waals surface area contributed by atoms with E-state index < -0.39 is 0 Å². The maximum atomic E-state index is 13.5. The summed E-state index contributed by atoms with van der Waals surface area (Å²) in [6.07, 6.45) is 5.02. The zero-order valence-corrected chi connectivity index (χ0v) is 16.7. The number of carbonyl (C=O) groups is 1. The van der Waals surface area contributed by atoms with Crippen molar-refractivity contribution in [2.24, 2.45) is 0 Å². The van der Waals surface area contributed by atoms with Crippen molar-refractivity contribution in [3.8, 4) is 22.4 Å². The van der Waals surface area contributed by atoms with Gasteiger partial charge in [0, 0.05) is 37.6 Å². The molecule has 3 aromatic heterocycles. The Balaban J connectivity index is 2.04. The van der Waals surface area contributed by atoms with E-state index in [1.54, 1.807) is 52.4 Å². The molecule has 0 saturated heterocycles. The highest BCUT2D eigenvalue weighted by Gasteiger charge is 2.28. The van der Waals surface area contributed by atoms with Gasteiger partial charge in [0.15, 0.2) is 0 Å². The number of anilines is 2. The van der Waals surface area contributed by atoms with Gasteiger partial charge in [-0.1, -0.05) is 6.07 Å². The third-order valence-electron chi connectivity index (χ3n) is 4.72. The van der Waals surface area contributed by atoms with Gasteiger partial charge in [0.1, 0.15) is 23.1 Å². The third kappa shape index (κ3) is 3.57. The highest BCUT2D eigenvalue weighted by molar-refractivity contribution is 6.03. The number of aromatic nitrogens is 4. The Bertz CT molecular complexity index is 1160. The van der Waals surface area contributed by atoms with Gasteiger partial charge in [-0.25, -0.2) is 19.0 Å². The van der Waals surface area contributed by atoms with Crippen LogP contribution in [0, 0.1) is 5.82 Å². The first-order valence-electron chi connectivity index (χ1n) is 9.59. The van der Waals surface area contributed by atoms with Gasteiger partial charge < -0.3 is 0 Å². The van der Waals surface area contributed by atoms with E-state index in [0.29, 0.717) is 23.9 Å². The quantitative estimate of drug-likeness (QED) is 0.480. The van der Waals surface area contributed by atoms with E-state index >= 15 is 0 Å². The second-order valence-corrected chi connectivity index (χ2v) is 6.65. The molecule has 0 atom stereocenters. The van der Waals surface area contributed by atoms with Gasteiger partial charge >= 0.3 is 0 Å². The van der Waals surface area contributed by atoms with Crippen LogP contribution < -0.4 is 4.90 Å². The molecule has 1 aromatic carbocycles. The lowest BCUT2D eigenvalue weighted by molar-refractivity contribution is -0.115. The molecule has 0 saturated carbocycles. The Labute approximate surface area is 173 Å². The van der Waals surface area contributed by atoms with Gasteiger partial charge in [-0.05, 0) is 61.0 Å². The fourth-order valence-corrected chi connectivity index (χ4v) is 3.40. The van der Waals surface area contributed by atoms with Crippen LogP contribution >= 0.6 is 0 Å². The van der Waals surface area contributed by atoms with Crippen molar-refractivity contribution < 1.29 is 9.18 Å². The van der Waals surface area contributed by atoms with Crippen LogP contribution in [0.2, 0.25) is 0 Å². The molecule has 0 N–H and O–H groups in total. The van der Waals surface area contributed by atoms with Crippen molar-refractivity contribution >= 4 is 17.5 Å². The molecule has 3 heterocycles. The Morgan fingerprint density at radius 2 is 1.73 bits per heavy atom. The standard InChI is InChI=1S/C23H20FN5O/c1-3-28-23(29(16(2)30)20-6-4-5-13-26-20)21(17-11-14-25-15-12-17)22(27-28)18-7-9-19(24)10-8-18/h4-15H,3H2,1-2H3. The molecule has 0 bridgehead atoms. The number of nitrogens with zero attached hydrogens (tertiary/aromatic N) is 5. The summed E-state index contributed by atoms with van der Waals surface area (Å²) in [6.45, 7) is 3.98. The minimum Gasteiger partial charge on any atom is -0.274 e. The molecule has 150 valence electrons. The molecule has 4 aromatic rings. The molecule has 0 radical (unpaired) electrons. The number of halogens is 1. The third-order valence-corrected chi connectivity index (χ3v) is 4.72. The molecule has 0 unspecified atom stereocenters. The average Bonchev–Trinajstić information content (AvgIpc) is 3.14. The predicted molar refractivity (Wildman–Crippen MR) is 114 cm³/mol. The Morgan fingerprint density at radius 3 is 2.33 bits per heavy atom. The highest BCUT2D eigenvalue weighted by atomic mass is 19.1. The summed E-state index contributed by atoms with van der Waals surface area (Å²) in [5, 5.41) is 4.79. The summed E-state index contributed by atoms with van der Waals surface area (Å²) < 4.78 is 15.3. The monoisotopic (exact) mass is 401 g/mol. The SMILES string of the molecule is CCn1nc(-c2ccc(F)cc2)c(-c2ccncc2)c1N(C(C)=O)c1ccccn1. The molecule has 0 fully saturated rings. The molecule has 4 rings (SSSR count). The first kappa shape index (κ1) is 19.4. The van der Waals surface area contributed by atoms with Crippen LogP contribution in [-0.2, 0) is 11.3 Å². The van der Waals surface area contributed by atoms with Crippen molar-refractivity contribution in [1.82, 2.24) is 19.7 Å². The largest absolute Gasteiger partial charge is 0.274 e. The smallest absolute Gasteiger partial charge is 0.230 e. The summed E-state index contributed by atoms with van der Waals surface area (Å²) in [6, 6.07) is 15.3. The average molecular weight is 401 g/mol. The summed E-state index contributed by atoms with van der Waals surface area (Å²) in [4.78, 5) is 22.8. The van der Waals surface area contributed by atoms with Crippen molar-refractivity contribution in [1.29, 1.82) is 0 Å². The minimum atomic E-state index is -0.321. The molecule has 1 amide bonds. The van der Waals surface area contributed by atoms with Gasteiger partial charge in [-0.3, -0.25) is 9.78 Å². The van der Waals surface area contributed by atoms with Crippen LogP contribution in [0.3, 0.4) is 0 Å². The first-order valence-corrected chi connectivity index (χ1v) is 9.59. The number of aryl methyl sites for hydroxylation is 1. The van der Waals surface area contributed by atoms with Gasteiger partial charge in [-0.15, -0.1) is 0 Å². The van der Waals surface area contributed by atoms with Crippen LogP contribution in [0.4, 0.5) is 16.0 Å². The topological polar surface area (TPSA) is 63.9 Å². The number of pyridine rings is 2. The lowest BCUT2D eigenvalue weighted by Gasteiger charge is -2.22. The Kier molecular flexibility index (Phi) is 5.34. The van der Waals surface area contributed by atoms with Crippen LogP contribution in [-0.4, -0.2) is 25.7 Å². The van der Waals surface area contributed by atoms with Crippen molar-refractivity contribution in [3.63, 3.8) is 0 Å². The normalized spacial score (nSPS) is 10.8. The van der Waals surface area contributed by atoms with E-state index in [1.165, 1.54) is 19.1 Å². The molecule has 6 nitrogen and oxygen atoms in total. The second kappa shape index (κ2) is 8.24. The van der Waals surface area contributed by atoms with Crippen LogP contribution in [0.5, 0.6) is 0 Å². The molecule has 7 heteroatoms. The zero-order valence-electron chi connectivity index (χ0n) is 16.7. The van der Waals surface area contributed by atoms with Crippen molar-refractivity contribution in [2.45, 2.75) is 20.4 Å². The maximum absolute atomic E-state index is 13.5. The number of amides is 1. The Morgan fingerprint density at radius 1 is 1.00 bits per heavy atom. The van der Waals surface area contributed by atoms with E-state index in [2.05, 4.69) is 9.97 Å². The maximum Gasteiger partial charge on any atom is 0.230 e. The van der Waals surface area contributed by atoms with Crippen molar-refractivity contribution in [3.05, 3.63) is 79.0 Å². The van der Waals surface area contributed by atoms with E-state index in [4.69, 9.17) is 5.10 Å². The van der Waals surface area contributed by atoms with E-state index in [-0.39, 0.29) is 11.7 Å². The van der Waals surface area contributed by atoms with Gasteiger partial charge in [0.25, 0.3) is 0 Å². The first-order chi connectivity index (χ1) is 14.6. The number of hydrogen-bond donors (Lipinski definition) is 0. The lowest BCUT2D eigenvalue weighted by Crippen LogP contribution is -2.27. The molecule has 30 heavy (non-hydrogen) atoms. The zero-order chi connectivity index (χ0) is 21.1. The number of rotatable bonds is 5. The van der Waals surface area contributed by atoms with Crippen LogP contribution in [0.25, 0.3) is 22.4 Å². The molecule has 0 aliphatic heterocycles. The van der Waals surface area contributed by atoms with Gasteiger partial charge in [-0.2, -0.15) is 5.10 Å². The number of benzene rings is 1. The van der Waals surface area contributed by atoms with Gasteiger partial charge in [0.2, 0.25) is 5.91 Å². The molecule has 0 spiro atoms. The van der Waals surface area contributed by atoms with Gasteiger partial charge in [0.05, 0.1) is 5.56 Å². The molecular weight excluding hydrogens is 381 g/mol. The summed E-state index contributed by atoms with van der Waals surface area (Å²) in [5.74, 6) is 0.595. The van der Waals surface area contributed by atoms with Crippen LogP contribution in [0.1, 0.15) is 13.8 Å². The van der Waals surface area contributed by atoms with E-state index in [1.807, 2.05) is 25.1 Å². The fourth-order valence-electron chi connectivity index (χ4n) is 3.40. The lowest BCUT2D eigenvalue weighted by atomic mass is 10.0. The number of hydrogen-bond acceptors (Lipinski definition) is 4. The molecule has 0 aliphatic rings. The van der Waals surface area contributed by atoms with Crippen molar-refractivity contribution in [2.75, 3.05) is 4.90 Å². The summed E-state index contributed by atoms with van der Waals surface area (Å²) >= 11 is 0. The molecule has 0 aliphatic carbocycles. The number of carbonyl (C=O) groups excluding carboxylic acids is 1.